The first-order valence-corrected chi connectivity index (χ1v) is 24.7. The fourth-order valence-electron chi connectivity index (χ4n) is 10.8. The maximum absolute atomic E-state index is 2.45. The molecule has 0 bridgehead atoms. The lowest BCUT2D eigenvalue weighted by Gasteiger charge is -2.22. The van der Waals surface area contributed by atoms with Gasteiger partial charge in [-0.2, -0.15) is 0 Å². The zero-order valence-electron chi connectivity index (χ0n) is 39.6. The van der Waals surface area contributed by atoms with E-state index in [0.717, 1.165) is 62.0 Å². The molecule has 0 radical (unpaired) electrons. The smallest absolute Gasteiger partial charge is 0.0535 e. The molecular weight excluding hydrogens is 869 g/mol. The van der Waals surface area contributed by atoms with Crippen molar-refractivity contribution in [3.63, 3.8) is 0 Å². The number of rotatable bonds is 10. The van der Waals surface area contributed by atoms with Crippen molar-refractivity contribution in [2.24, 2.45) is 0 Å². The lowest BCUT2D eigenvalue weighted by atomic mass is 9.84. The molecule has 0 aliphatic carbocycles. The largest absolute Gasteiger partial charge is 0.309 e. The van der Waals surface area contributed by atoms with Crippen molar-refractivity contribution in [2.75, 3.05) is 0 Å². The van der Waals surface area contributed by atoms with Gasteiger partial charge in [0.2, 0.25) is 0 Å². The van der Waals surface area contributed by atoms with Crippen LogP contribution in [0.15, 0.2) is 291 Å². The summed E-state index contributed by atoms with van der Waals surface area (Å²) in [4.78, 5) is 0. The van der Waals surface area contributed by atoms with E-state index in [0.29, 0.717) is 0 Å². The Hall–Kier alpha value is -9.50. The standard InChI is InChI=1S/C70H48N2/c1-8-22-49(23-9-1)56-44-57(50-24-10-2-11-25-50)46-58(45-56)70-62-39-37-59(71-65(51-26-12-3-13-27-51)40-41-66(71)52-28-14-4-15-29-52)47-63(62)69(55-34-20-7-21-35-55)61-38-36-60(48-64(61)70)72-67(53-30-16-5-17-31-53)42-43-68(72)54-32-18-6-19-33-54/h1-48H. The Morgan fingerprint density at radius 3 is 0.750 bits per heavy atom. The molecule has 338 valence electrons. The second-order valence-corrected chi connectivity index (χ2v) is 18.4. The van der Waals surface area contributed by atoms with Crippen LogP contribution >= 0.6 is 0 Å². The normalized spacial score (nSPS) is 11.3. The average molecular weight is 917 g/mol. The molecule has 0 N–H and O–H groups in total. The fourth-order valence-corrected chi connectivity index (χ4v) is 10.8. The van der Waals surface area contributed by atoms with Gasteiger partial charge in [-0.15, -0.1) is 0 Å². The molecule has 11 aromatic carbocycles. The highest BCUT2D eigenvalue weighted by atomic mass is 15.0. The van der Waals surface area contributed by atoms with E-state index in [9.17, 15) is 0 Å². The first-order valence-electron chi connectivity index (χ1n) is 24.7. The molecule has 0 aliphatic rings. The average Bonchev–Trinajstić information content (AvgIpc) is 4.12. The monoisotopic (exact) mass is 916 g/mol. The van der Waals surface area contributed by atoms with E-state index in [1.165, 1.54) is 60.5 Å². The first kappa shape index (κ1) is 42.6. The molecule has 72 heavy (non-hydrogen) atoms. The Bertz CT molecular complexity index is 3850. The number of benzene rings is 11. The van der Waals surface area contributed by atoms with E-state index < -0.39 is 0 Å². The van der Waals surface area contributed by atoms with Gasteiger partial charge in [0.1, 0.15) is 0 Å². The highest BCUT2D eigenvalue weighted by Gasteiger charge is 2.23. The van der Waals surface area contributed by atoms with Crippen LogP contribution < -0.4 is 0 Å². The van der Waals surface area contributed by atoms with Crippen LogP contribution in [0.2, 0.25) is 0 Å². The number of hydrogen-bond donors (Lipinski definition) is 0. The van der Waals surface area contributed by atoms with Crippen molar-refractivity contribution in [1.29, 1.82) is 0 Å². The second-order valence-electron chi connectivity index (χ2n) is 18.4. The Morgan fingerprint density at radius 2 is 0.431 bits per heavy atom. The quantitative estimate of drug-likeness (QED) is 0.121. The summed E-state index contributed by atoms with van der Waals surface area (Å²) in [5.41, 5.74) is 20.8. The summed E-state index contributed by atoms with van der Waals surface area (Å²) in [6.45, 7) is 0. The Labute approximate surface area is 420 Å². The molecule has 0 atom stereocenters. The molecule has 0 saturated heterocycles. The van der Waals surface area contributed by atoms with Crippen LogP contribution in [0.5, 0.6) is 0 Å². The van der Waals surface area contributed by atoms with Crippen LogP contribution in [0, 0.1) is 0 Å². The predicted molar refractivity (Wildman–Crippen MR) is 304 cm³/mol. The van der Waals surface area contributed by atoms with Gasteiger partial charge < -0.3 is 9.13 Å². The molecular formula is C70H48N2. The van der Waals surface area contributed by atoms with Crippen molar-refractivity contribution in [3.8, 4) is 101 Å². The van der Waals surface area contributed by atoms with Gasteiger partial charge in [0.05, 0.1) is 22.8 Å². The van der Waals surface area contributed by atoms with Crippen LogP contribution in [-0.4, -0.2) is 9.13 Å². The van der Waals surface area contributed by atoms with E-state index in [1.807, 2.05) is 0 Å². The maximum Gasteiger partial charge on any atom is 0.0535 e. The third-order valence-corrected chi connectivity index (χ3v) is 14.1. The molecule has 13 aromatic rings. The minimum absolute atomic E-state index is 1.09. The van der Waals surface area contributed by atoms with Crippen molar-refractivity contribution in [3.05, 3.63) is 291 Å². The molecule has 2 nitrogen and oxygen atoms in total. The summed E-state index contributed by atoms with van der Waals surface area (Å²) in [5, 5.41) is 4.73. The highest BCUT2D eigenvalue weighted by Crippen LogP contribution is 2.48. The number of aromatic nitrogens is 2. The summed E-state index contributed by atoms with van der Waals surface area (Å²) in [6, 6.07) is 106. The van der Waals surface area contributed by atoms with Gasteiger partial charge in [-0.1, -0.05) is 224 Å². The van der Waals surface area contributed by atoms with E-state index >= 15 is 0 Å². The fraction of sp³-hybridized carbons (Fsp3) is 0. The van der Waals surface area contributed by atoms with Crippen LogP contribution in [-0.2, 0) is 0 Å². The third kappa shape index (κ3) is 7.73. The summed E-state index contributed by atoms with van der Waals surface area (Å²) >= 11 is 0. The molecule has 0 saturated carbocycles. The topological polar surface area (TPSA) is 9.86 Å². The van der Waals surface area contributed by atoms with Gasteiger partial charge in [0.25, 0.3) is 0 Å². The van der Waals surface area contributed by atoms with Gasteiger partial charge in [0, 0.05) is 11.4 Å². The van der Waals surface area contributed by atoms with Gasteiger partial charge in [0.15, 0.2) is 0 Å². The van der Waals surface area contributed by atoms with Crippen LogP contribution in [0.3, 0.4) is 0 Å². The van der Waals surface area contributed by atoms with Crippen LogP contribution in [0.1, 0.15) is 0 Å². The number of nitrogens with zero attached hydrogens (tertiary/aromatic N) is 2. The lowest BCUT2D eigenvalue weighted by Crippen LogP contribution is -2.02. The summed E-state index contributed by atoms with van der Waals surface area (Å²) in [7, 11) is 0. The zero-order valence-corrected chi connectivity index (χ0v) is 39.6. The molecule has 0 amide bonds. The van der Waals surface area contributed by atoms with Crippen LogP contribution in [0.4, 0.5) is 0 Å². The van der Waals surface area contributed by atoms with Gasteiger partial charge in [-0.05, 0) is 155 Å². The maximum atomic E-state index is 2.45. The Morgan fingerprint density at radius 1 is 0.167 bits per heavy atom. The van der Waals surface area contributed by atoms with E-state index in [4.69, 9.17) is 0 Å². The molecule has 2 heteroatoms. The summed E-state index contributed by atoms with van der Waals surface area (Å²) in [6.07, 6.45) is 0. The molecule has 2 heterocycles. The molecule has 2 aromatic heterocycles. The Balaban J connectivity index is 1.17. The first-order chi connectivity index (χ1) is 35.7. The molecule has 0 spiro atoms. The van der Waals surface area contributed by atoms with Crippen molar-refractivity contribution < 1.29 is 0 Å². The number of hydrogen-bond acceptors (Lipinski definition) is 0. The zero-order chi connectivity index (χ0) is 47.8. The molecule has 0 aliphatic heterocycles. The predicted octanol–water partition coefficient (Wildman–Crippen LogP) is 18.9. The van der Waals surface area contributed by atoms with E-state index in [2.05, 4.69) is 300 Å². The number of fused-ring (bicyclic) bond motifs is 2. The Kier molecular flexibility index (Phi) is 10.9. The minimum atomic E-state index is 1.09. The summed E-state index contributed by atoms with van der Waals surface area (Å²) < 4.78 is 4.89. The molecule has 0 fully saturated rings. The van der Waals surface area contributed by atoms with Crippen molar-refractivity contribution >= 4 is 21.5 Å². The lowest BCUT2D eigenvalue weighted by molar-refractivity contribution is 1.10. The van der Waals surface area contributed by atoms with Gasteiger partial charge in [-0.25, -0.2) is 0 Å². The second kappa shape index (κ2) is 18.4. The van der Waals surface area contributed by atoms with Crippen molar-refractivity contribution in [2.45, 2.75) is 0 Å². The minimum Gasteiger partial charge on any atom is -0.309 e. The van der Waals surface area contributed by atoms with Gasteiger partial charge >= 0.3 is 0 Å². The van der Waals surface area contributed by atoms with E-state index in [-0.39, 0.29) is 0 Å². The van der Waals surface area contributed by atoms with Crippen molar-refractivity contribution in [1.82, 2.24) is 9.13 Å². The molecule has 13 rings (SSSR count). The van der Waals surface area contributed by atoms with E-state index in [1.54, 1.807) is 0 Å². The highest BCUT2D eigenvalue weighted by molar-refractivity contribution is 6.22. The van der Waals surface area contributed by atoms with Crippen LogP contribution in [0.25, 0.3) is 122 Å². The SMILES string of the molecule is c1ccc(-c2cc(-c3ccccc3)cc(-c3c4ccc(-n5c(-c6ccccc6)ccc5-c5ccccc5)cc4c(-c4ccccc4)c4ccc(-n5c(-c6ccccc6)ccc5-c5ccccc5)cc34)c2)cc1. The summed E-state index contributed by atoms with van der Waals surface area (Å²) in [5.74, 6) is 0. The van der Waals surface area contributed by atoms with Gasteiger partial charge in [-0.3, -0.25) is 0 Å². The molecule has 0 unspecified atom stereocenters. The third-order valence-electron chi connectivity index (χ3n) is 14.1.